The van der Waals surface area contributed by atoms with Crippen LogP contribution in [0.25, 0.3) is 0 Å². The quantitative estimate of drug-likeness (QED) is 0.883. The first-order chi connectivity index (χ1) is 10.1. The molecule has 2 aromatic rings. The highest BCUT2D eigenvalue weighted by molar-refractivity contribution is 5.87. The summed E-state index contributed by atoms with van der Waals surface area (Å²) in [5, 5.41) is 5.15. The molecule has 0 bridgehead atoms. The highest BCUT2D eigenvalue weighted by Crippen LogP contribution is 2.14. The number of benzene rings is 1. The fourth-order valence-corrected chi connectivity index (χ4v) is 1.86. The molecule has 0 saturated heterocycles. The zero-order valence-corrected chi connectivity index (χ0v) is 11.4. The van der Waals surface area contributed by atoms with Crippen molar-refractivity contribution < 1.29 is 18.4 Å². The van der Waals surface area contributed by atoms with Crippen LogP contribution >= 0.6 is 0 Å². The van der Waals surface area contributed by atoms with Crippen molar-refractivity contribution in [3.63, 3.8) is 0 Å². The minimum Gasteiger partial charge on any atom is -0.467 e. The van der Waals surface area contributed by atoms with Gasteiger partial charge in [-0.1, -0.05) is 12.1 Å². The number of hydrogen-bond donors (Lipinski definition) is 2. The third kappa shape index (κ3) is 4.17. The maximum Gasteiger partial charge on any atom is 0.250 e. The fraction of sp³-hybridized carbons (Fsp3) is 0.200. The minimum absolute atomic E-state index is 0.160. The summed E-state index contributed by atoms with van der Waals surface area (Å²) < 4.78 is 18.2. The van der Waals surface area contributed by atoms with Crippen LogP contribution < -0.4 is 10.6 Å². The van der Waals surface area contributed by atoms with Gasteiger partial charge in [-0.3, -0.25) is 9.59 Å². The molecule has 1 aromatic heterocycles. The van der Waals surface area contributed by atoms with E-state index in [1.807, 2.05) is 0 Å². The maximum atomic E-state index is 13.1. The van der Waals surface area contributed by atoms with E-state index < -0.39 is 11.9 Å². The van der Waals surface area contributed by atoms with E-state index in [-0.39, 0.29) is 18.3 Å². The molecule has 0 aliphatic carbocycles. The number of hydrogen-bond acceptors (Lipinski definition) is 3. The molecule has 0 radical (unpaired) electrons. The Labute approximate surface area is 121 Å². The predicted molar refractivity (Wildman–Crippen MR) is 73.5 cm³/mol. The van der Waals surface area contributed by atoms with Gasteiger partial charge in [0.2, 0.25) is 5.91 Å². The van der Waals surface area contributed by atoms with Gasteiger partial charge in [0.1, 0.15) is 11.6 Å². The van der Waals surface area contributed by atoms with Gasteiger partial charge in [0, 0.05) is 13.5 Å². The number of nitrogens with one attached hydrogen (secondary N) is 2. The summed E-state index contributed by atoms with van der Waals surface area (Å²) >= 11 is 0. The van der Waals surface area contributed by atoms with E-state index in [1.54, 1.807) is 24.3 Å². The van der Waals surface area contributed by atoms with Crippen LogP contribution in [0.1, 0.15) is 24.3 Å². The average molecular weight is 290 g/mol. The van der Waals surface area contributed by atoms with Gasteiger partial charge in [0.15, 0.2) is 6.04 Å². The Balaban J connectivity index is 2.03. The first kappa shape index (κ1) is 14.8. The smallest absolute Gasteiger partial charge is 0.250 e. The molecule has 2 amide bonds. The first-order valence-electron chi connectivity index (χ1n) is 6.39. The number of carbonyl (C=O) groups is 2. The zero-order valence-electron chi connectivity index (χ0n) is 11.4. The normalized spacial score (nSPS) is 11.7. The van der Waals surface area contributed by atoms with E-state index in [1.165, 1.54) is 25.3 Å². The third-order valence-corrected chi connectivity index (χ3v) is 2.79. The van der Waals surface area contributed by atoms with Gasteiger partial charge in [0.05, 0.1) is 6.26 Å². The molecule has 110 valence electrons. The predicted octanol–water partition coefficient (Wildman–Crippen LogP) is 1.91. The number of rotatable bonds is 5. The highest BCUT2D eigenvalue weighted by atomic mass is 19.1. The minimum atomic E-state index is -0.911. The molecule has 0 aliphatic rings. The van der Waals surface area contributed by atoms with Gasteiger partial charge in [0.25, 0.3) is 5.91 Å². The molecule has 1 aromatic carbocycles. The van der Waals surface area contributed by atoms with Gasteiger partial charge in [-0.05, 0) is 29.8 Å². The van der Waals surface area contributed by atoms with Crippen molar-refractivity contribution >= 4 is 11.8 Å². The Morgan fingerprint density at radius 2 is 2.10 bits per heavy atom. The fourth-order valence-electron chi connectivity index (χ4n) is 1.86. The molecule has 0 fully saturated rings. The Bertz CT molecular complexity index is 626. The molecular weight excluding hydrogens is 275 g/mol. The van der Waals surface area contributed by atoms with Gasteiger partial charge in [-0.2, -0.15) is 0 Å². The van der Waals surface area contributed by atoms with Gasteiger partial charge in [-0.25, -0.2) is 4.39 Å². The topological polar surface area (TPSA) is 71.3 Å². The summed E-state index contributed by atoms with van der Waals surface area (Å²) in [6.45, 7) is 1.48. The van der Waals surface area contributed by atoms with Crippen LogP contribution in [0.2, 0.25) is 0 Å². The lowest BCUT2D eigenvalue weighted by Crippen LogP contribution is -2.39. The molecule has 1 heterocycles. The summed E-state index contributed by atoms with van der Waals surface area (Å²) in [5.41, 5.74) is 0.629. The monoisotopic (exact) mass is 290 g/mol. The van der Waals surface area contributed by atoms with E-state index >= 15 is 0 Å². The summed E-state index contributed by atoms with van der Waals surface area (Å²) in [6, 6.07) is 8.24. The van der Waals surface area contributed by atoms with Crippen LogP contribution in [0, 0.1) is 5.82 Å². The number of amides is 2. The lowest BCUT2D eigenvalue weighted by molar-refractivity contribution is -0.128. The second-order valence-electron chi connectivity index (χ2n) is 4.50. The van der Waals surface area contributed by atoms with Gasteiger partial charge in [-0.15, -0.1) is 0 Å². The van der Waals surface area contributed by atoms with Gasteiger partial charge < -0.3 is 15.1 Å². The van der Waals surface area contributed by atoms with Crippen molar-refractivity contribution in [2.45, 2.75) is 19.5 Å². The molecule has 2 N–H and O–H groups in total. The maximum absolute atomic E-state index is 13.1. The first-order valence-corrected chi connectivity index (χ1v) is 6.39. The Morgan fingerprint density at radius 3 is 2.71 bits per heavy atom. The lowest BCUT2D eigenvalue weighted by Gasteiger charge is -2.15. The molecule has 21 heavy (non-hydrogen) atoms. The third-order valence-electron chi connectivity index (χ3n) is 2.79. The second-order valence-corrected chi connectivity index (χ2v) is 4.50. The molecule has 0 aliphatic heterocycles. The molecule has 0 unspecified atom stereocenters. The molecule has 2 rings (SSSR count). The van der Waals surface area contributed by atoms with Crippen molar-refractivity contribution in [1.82, 2.24) is 10.6 Å². The van der Waals surface area contributed by atoms with E-state index in [9.17, 15) is 14.0 Å². The van der Waals surface area contributed by atoms with E-state index in [2.05, 4.69) is 10.6 Å². The average Bonchev–Trinajstić information content (AvgIpc) is 2.96. The molecule has 0 saturated carbocycles. The summed E-state index contributed by atoms with van der Waals surface area (Å²) in [7, 11) is 0. The van der Waals surface area contributed by atoms with E-state index in [0.717, 1.165) is 0 Å². The van der Waals surface area contributed by atoms with Gasteiger partial charge >= 0.3 is 0 Å². The van der Waals surface area contributed by atoms with E-state index in [0.29, 0.717) is 11.3 Å². The van der Waals surface area contributed by atoms with Crippen LogP contribution in [-0.2, 0) is 16.1 Å². The Morgan fingerprint density at radius 1 is 1.29 bits per heavy atom. The summed E-state index contributed by atoms with van der Waals surface area (Å²) in [4.78, 5) is 23.3. The van der Waals surface area contributed by atoms with Crippen molar-refractivity contribution in [2.75, 3.05) is 0 Å². The summed E-state index contributed by atoms with van der Waals surface area (Å²) in [5.74, 6) is -0.810. The van der Waals surface area contributed by atoms with Crippen LogP contribution in [0.3, 0.4) is 0 Å². The lowest BCUT2D eigenvalue weighted by atomic mass is 10.2. The zero-order chi connectivity index (χ0) is 15.2. The van der Waals surface area contributed by atoms with Crippen LogP contribution in [0.5, 0.6) is 0 Å². The standard InChI is InChI=1S/C15H15FN2O3/c1-10(19)18-14(13-6-3-7-21-13)15(20)17-9-11-4-2-5-12(16)8-11/h2-8,14H,9H2,1H3,(H,17,20)(H,18,19)/t14-/m0/s1. The van der Waals surface area contributed by atoms with E-state index in [4.69, 9.17) is 4.42 Å². The number of furan rings is 1. The molecule has 5 nitrogen and oxygen atoms in total. The van der Waals surface area contributed by atoms with Crippen molar-refractivity contribution in [3.8, 4) is 0 Å². The summed E-state index contributed by atoms with van der Waals surface area (Å²) in [6.07, 6.45) is 1.42. The highest BCUT2D eigenvalue weighted by Gasteiger charge is 2.23. The molecule has 6 heteroatoms. The SMILES string of the molecule is CC(=O)N[C@H](C(=O)NCc1cccc(F)c1)c1ccco1. The Kier molecular flexibility index (Phi) is 4.71. The molecule has 0 spiro atoms. The second kappa shape index (κ2) is 6.69. The van der Waals surface area contributed by atoms with Crippen LogP contribution in [0.4, 0.5) is 4.39 Å². The van der Waals surface area contributed by atoms with Crippen molar-refractivity contribution in [3.05, 3.63) is 59.8 Å². The van der Waals surface area contributed by atoms with Crippen molar-refractivity contribution in [2.24, 2.45) is 0 Å². The molecular formula is C15H15FN2O3. The molecule has 1 atom stereocenters. The number of carbonyl (C=O) groups excluding carboxylic acids is 2. The Hall–Kier alpha value is -2.63. The number of halogens is 1. The van der Waals surface area contributed by atoms with Crippen molar-refractivity contribution in [1.29, 1.82) is 0 Å². The van der Waals surface area contributed by atoms with Crippen LogP contribution in [0.15, 0.2) is 47.1 Å². The van der Waals surface area contributed by atoms with Crippen LogP contribution in [-0.4, -0.2) is 11.8 Å². The largest absolute Gasteiger partial charge is 0.467 e.